The van der Waals surface area contributed by atoms with E-state index < -0.39 is 5.54 Å². The number of hydrogen-bond donors (Lipinski definition) is 1. The molecule has 3 nitrogen and oxygen atoms in total. The SMILES string of the molecule is CC(C)NC(C#N)(CCN(C)C1CC1)c1ccccc1. The van der Waals surface area contributed by atoms with E-state index >= 15 is 0 Å². The van der Waals surface area contributed by atoms with Gasteiger partial charge < -0.3 is 4.90 Å². The van der Waals surface area contributed by atoms with Gasteiger partial charge in [0.05, 0.1) is 6.07 Å². The van der Waals surface area contributed by atoms with E-state index in [1.165, 1.54) is 12.8 Å². The van der Waals surface area contributed by atoms with Crippen molar-refractivity contribution in [3.63, 3.8) is 0 Å². The zero-order valence-corrected chi connectivity index (χ0v) is 12.8. The van der Waals surface area contributed by atoms with Gasteiger partial charge in [-0.2, -0.15) is 5.26 Å². The summed E-state index contributed by atoms with van der Waals surface area (Å²) in [4.78, 5) is 2.39. The highest BCUT2D eigenvalue weighted by molar-refractivity contribution is 5.31. The fraction of sp³-hybridized carbons (Fsp3) is 0.588. The summed E-state index contributed by atoms with van der Waals surface area (Å²) < 4.78 is 0. The lowest BCUT2D eigenvalue weighted by Gasteiger charge is -2.32. The maximum absolute atomic E-state index is 9.81. The number of nitriles is 1. The average molecular weight is 271 g/mol. The maximum Gasteiger partial charge on any atom is 0.133 e. The second-order valence-corrected chi connectivity index (χ2v) is 6.14. The Balaban J connectivity index is 2.16. The minimum absolute atomic E-state index is 0.279. The van der Waals surface area contributed by atoms with Crippen LogP contribution in [-0.2, 0) is 5.54 Å². The van der Waals surface area contributed by atoms with Crippen molar-refractivity contribution in [2.24, 2.45) is 0 Å². The normalized spacial score (nSPS) is 18.0. The molecule has 0 aliphatic heterocycles. The van der Waals surface area contributed by atoms with Gasteiger partial charge in [0.25, 0.3) is 0 Å². The van der Waals surface area contributed by atoms with Gasteiger partial charge in [0.2, 0.25) is 0 Å². The van der Waals surface area contributed by atoms with Crippen LogP contribution < -0.4 is 5.32 Å². The Hall–Kier alpha value is -1.37. The summed E-state index contributed by atoms with van der Waals surface area (Å²) in [5, 5.41) is 13.3. The zero-order valence-electron chi connectivity index (χ0n) is 12.8. The van der Waals surface area contributed by atoms with Crippen molar-refractivity contribution >= 4 is 0 Å². The standard InChI is InChI=1S/C17H25N3/c1-14(2)19-17(13-18,15-7-5-4-6-8-15)11-12-20(3)16-9-10-16/h4-8,14,16,19H,9-12H2,1-3H3. The molecule has 0 saturated heterocycles. The third kappa shape index (κ3) is 3.59. The number of nitrogens with zero attached hydrogens (tertiary/aromatic N) is 2. The van der Waals surface area contributed by atoms with Crippen molar-refractivity contribution in [2.45, 2.75) is 50.7 Å². The van der Waals surface area contributed by atoms with Crippen molar-refractivity contribution < 1.29 is 0 Å². The minimum Gasteiger partial charge on any atom is -0.303 e. The van der Waals surface area contributed by atoms with Crippen LogP contribution >= 0.6 is 0 Å². The molecule has 1 saturated carbocycles. The van der Waals surface area contributed by atoms with Crippen LogP contribution in [0, 0.1) is 11.3 Å². The molecule has 0 amide bonds. The topological polar surface area (TPSA) is 39.1 Å². The van der Waals surface area contributed by atoms with Crippen molar-refractivity contribution in [1.29, 1.82) is 5.26 Å². The molecule has 0 bridgehead atoms. The lowest BCUT2D eigenvalue weighted by molar-refractivity contribution is 0.264. The monoisotopic (exact) mass is 271 g/mol. The van der Waals surface area contributed by atoms with Crippen molar-refractivity contribution in [1.82, 2.24) is 10.2 Å². The second kappa shape index (κ2) is 6.39. The zero-order chi connectivity index (χ0) is 14.6. The van der Waals surface area contributed by atoms with Crippen LogP contribution in [0.1, 0.15) is 38.7 Å². The molecule has 0 spiro atoms. The lowest BCUT2D eigenvalue weighted by Crippen LogP contribution is -2.47. The molecule has 1 fully saturated rings. The van der Waals surface area contributed by atoms with Gasteiger partial charge in [0.15, 0.2) is 0 Å². The Morgan fingerprint density at radius 2 is 2.00 bits per heavy atom. The van der Waals surface area contributed by atoms with Gasteiger partial charge in [-0.05, 0) is 45.7 Å². The number of rotatable bonds is 7. The molecule has 0 aromatic heterocycles. The molecule has 1 aliphatic rings. The van der Waals surface area contributed by atoms with Gasteiger partial charge in [-0.15, -0.1) is 0 Å². The quantitative estimate of drug-likeness (QED) is 0.829. The molecule has 3 heteroatoms. The van der Waals surface area contributed by atoms with Gasteiger partial charge in [-0.3, -0.25) is 5.32 Å². The van der Waals surface area contributed by atoms with E-state index in [9.17, 15) is 5.26 Å². The summed E-state index contributed by atoms with van der Waals surface area (Å²) in [6, 6.07) is 13.7. The van der Waals surface area contributed by atoms with Gasteiger partial charge >= 0.3 is 0 Å². The first-order chi connectivity index (χ1) is 9.57. The molecule has 1 N–H and O–H groups in total. The molecule has 108 valence electrons. The summed E-state index contributed by atoms with van der Waals surface area (Å²) in [5.74, 6) is 0. The number of nitrogens with one attached hydrogen (secondary N) is 1. The fourth-order valence-corrected chi connectivity index (χ4v) is 2.71. The first-order valence-electron chi connectivity index (χ1n) is 7.52. The molecule has 20 heavy (non-hydrogen) atoms. The first kappa shape index (κ1) is 15.0. The van der Waals surface area contributed by atoms with E-state index in [1.807, 2.05) is 18.2 Å². The predicted molar refractivity (Wildman–Crippen MR) is 82.3 cm³/mol. The number of hydrogen-bond acceptors (Lipinski definition) is 3. The highest BCUT2D eigenvalue weighted by Gasteiger charge is 2.34. The molecule has 1 atom stereocenters. The van der Waals surface area contributed by atoms with Crippen molar-refractivity contribution in [3.05, 3.63) is 35.9 Å². The first-order valence-corrected chi connectivity index (χ1v) is 7.52. The molecule has 1 aromatic carbocycles. The number of benzene rings is 1. The van der Waals surface area contributed by atoms with Crippen molar-refractivity contribution in [2.75, 3.05) is 13.6 Å². The average Bonchev–Trinajstić information content (AvgIpc) is 3.28. The predicted octanol–water partition coefficient (Wildman–Crippen LogP) is 2.89. The maximum atomic E-state index is 9.81. The summed E-state index contributed by atoms with van der Waals surface area (Å²) in [6.45, 7) is 5.14. The minimum atomic E-state index is -0.585. The van der Waals surface area contributed by atoms with Crippen LogP contribution in [-0.4, -0.2) is 30.6 Å². The Kier molecular flexibility index (Phi) is 4.80. The molecule has 1 aliphatic carbocycles. The van der Waals surface area contributed by atoms with Crippen LogP contribution in [0.25, 0.3) is 0 Å². The summed E-state index contributed by atoms with van der Waals surface area (Å²) >= 11 is 0. The Labute approximate surface area is 122 Å². The molecular formula is C17H25N3. The molecule has 0 heterocycles. The van der Waals surface area contributed by atoms with Crippen LogP contribution in [0.4, 0.5) is 0 Å². The van der Waals surface area contributed by atoms with E-state index in [1.54, 1.807) is 0 Å². The van der Waals surface area contributed by atoms with E-state index in [0.29, 0.717) is 0 Å². The summed E-state index contributed by atoms with van der Waals surface area (Å²) in [5.41, 5.74) is 0.485. The van der Waals surface area contributed by atoms with Gasteiger partial charge in [0.1, 0.15) is 5.54 Å². The van der Waals surface area contributed by atoms with Crippen LogP contribution in [0.5, 0.6) is 0 Å². The third-order valence-corrected chi connectivity index (χ3v) is 4.00. The molecule has 1 unspecified atom stereocenters. The summed E-state index contributed by atoms with van der Waals surface area (Å²) in [6.07, 6.45) is 3.43. The molecular weight excluding hydrogens is 246 g/mol. The van der Waals surface area contributed by atoms with Crippen LogP contribution in [0.2, 0.25) is 0 Å². The molecule has 2 rings (SSSR count). The van der Waals surface area contributed by atoms with E-state index in [0.717, 1.165) is 24.6 Å². The molecule has 1 aromatic rings. The van der Waals surface area contributed by atoms with Gasteiger partial charge in [0, 0.05) is 18.6 Å². The van der Waals surface area contributed by atoms with Crippen LogP contribution in [0.3, 0.4) is 0 Å². The lowest BCUT2D eigenvalue weighted by atomic mass is 9.87. The Morgan fingerprint density at radius 1 is 1.35 bits per heavy atom. The van der Waals surface area contributed by atoms with Crippen molar-refractivity contribution in [3.8, 4) is 6.07 Å². The van der Waals surface area contributed by atoms with E-state index in [-0.39, 0.29) is 6.04 Å². The van der Waals surface area contributed by atoms with Gasteiger partial charge in [-0.25, -0.2) is 0 Å². The second-order valence-electron chi connectivity index (χ2n) is 6.14. The van der Waals surface area contributed by atoms with Crippen LogP contribution in [0.15, 0.2) is 30.3 Å². The highest BCUT2D eigenvalue weighted by Crippen LogP contribution is 2.29. The Morgan fingerprint density at radius 3 is 2.50 bits per heavy atom. The molecule has 0 radical (unpaired) electrons. The highest BCUT2D eigenvalue weighted by atomic mass is 15.2. The summed E-state index contributed by atoms with van der Waals surface area (Å²) in [7, 11) is 2.17. The van der Waals surface area contributed by atoms with E-state index in [2.05, 4.69) is 49.3 Å². The fourth-order valence-electron chi connectivity index (χ4n) is 2.71. The Bertz CT molecular complexity index is 459. The smallest absolute Gasteiger partial charge is 0.133 e. The van der Waals surface area contributed by atoms with E-state index in [4.69, 9.17) is 0 Å². The third-order valence-electron chi connectivity index (χ3n) is 4.00. The largest absolute Gasteiger partial charge is 0.303 e. The van der Waals surface area contributed by atoms with Gasteiger partial charge in [-0.1, -0.05) is 30.3 Å².